The molecular weight excluding hydrogens is 408 g/mol. The molecule has 2 aromatic heterocycles. The minimum absolute atomic E-state index is 0.0928. The lowest BCUT2D eigenvalue weighted by Crippen LogP contribution is -2.11. The van der Waals surface area contributed by atoms with Crippen molar-refractivity contribution in [1.29, 1.82) is 0 Å². The lowest BCUT2D eigenvalue weighted by atomic mass is 10.2. The molecule has 0 saturated carbocycles. The Hall–Kier alpha value is -3.03. The molecule has 8 heteroatoms. The van der Waals surface area contributed by atoms with Crippen LogP contribution in [0.2, 0.25) is 5.02 Å². The summed E-state index contributed by atoms with van der Waals surface area (Å²) in [5.41, 5.74) is 2.67. The first-order valence-corrected chi connectivity index (χ1v) is 10.3. The molecule has 0 fully saturated rings. The average Bonchev–Trinajstić information content (AvgIpc) is 3.39. The quantitative estimate of drug-likeness (QED) is 0.425. The highest BCUT2D eigenvalue weighted by atomic mass is 35.5. The largest absolute Gasteiger partial charge is 0.339 e. The molecule has 2 aromatic carbocycles. The van der Waals surface area contributed by atoms with Crippen LogP contribution in [0.3, 0.4) is 0 Å². The summed E-state index contributed by atoms with van der Waals surface area (Å²) in [6.07, 6.45) is 1.50. The second-order valence-electron chi connectivity index (χ2n) is 6.32. The van der Waals surface area contributed by atoms with Gasteiger partial charge in [0.1, 0.15) is 0 Å². The number of amides is 1. The third-order valence-corrected chi connectivity index (χ3v) is 5.19. The van der Waals surface area contributed by atoms with Crippen molar-refractivity contribution >= 4 is 34.0 Å². The highest BCUT2D eigenvalue weighted by Crippen LogP contribution is 2.26. The van der Waals surface area contributed by atoms with Gasteiger partial charge in [-0.3, -0.25) is 4.79 Å². The van der Waals surface area contributed by atoms with Gasteiger partial charge in [-0.2, -0.15) is 4.98 Å². The van der Waals surface area contributed by atoms with Crippen LogP contribution in [0.4, 0.5) is 5.13 Å². The van der Waals surface area contributed by atoms with E-state index in [0.717, 1.165) is 16.8 Å². The molecule has 29 heavy (non-hydrogen) atoms. The molecule has 0 bridgehead atoms. The van der Waals surface area contributed by atoms with Crippen molar-refractivity contribution < 1.29 is 9.32 Å². The van der Waals surface area contributed by atoms with E-state index in [4.69, 9.17) is 16.1 Å². The van der Waals surface area contributed by atoms with Gasteiger partial charge in [0.05, 0.1) is 5.69 Å². The van der Waals surface area contributed by atoms with Crippen LogP contribution < -0.4 is 5.32 Å². The van der Waals surface area contributed by atoms with E-state index in [1.807, 2.05) is 60.0 Å². The summed E-state index contributed by atoms with van der Waals surface area (Å²) < 4.78 is 5.27. The number of rotatable bonds is 7. The minimum atomic E-state index is -0.0928. The Morgan fingerprint density at radius 2 is 1.83 bits per heavy atom. The first-order chi connectivity index (χ1) is 14.2. The number of thiazole rings is 1. The van der Waals surface area contributed by atoms with Crippen molar-refractivity contribution in [3.63, 3.8) is 0 Å². The number of nitrogens with zero attached hydrogens (tertiary/aromatic N) is 3. The van der Waals surface area contributed by atoms with Gasteiger partial charge in [0, 0.05) is 34.4 Å². The monoisotopic (exact) mass is 424 g/mol. The van der Waals surface area contributed by atoms with Crippen molar-refractivity contribution in [2.45, 2.75) is 19.3 Å². The predicted molar refractivity (Wildman–Crippen MR) is 114 cm³/mol. The Morgan fingerprint density at radius 3 is 2.62 bits per heavy atom. The standard InChI is InChI=1S/C21H17ClN4O2S/c22-16-11-9-14(10-12-16)17-13-29-21(23-17)24-18(27)7-4-8-19-25-20(26-28-19)15-5-2-1-3-6-15/h1-3,5-6,9-13H,4,7-8H2,(H,23,24,27). The first kappa shape index (κ1) is 19.3. The number of anilines is 1. The molecule has 1 N–H and O–H groups in total. The van der Waals surface area contributed by atoms with Crippen molar-refractivity contribution in [3.8, 4) is 22.6 Å². The van der Waals surface area contributed by atoms with Gasteiger partial charge in [-0.05, 0) is 18.6 Å². The van der Waals surface area contributed by atoms with Crippen LogP contribution in [0.25, 0.3) is 22.6 Å². The summed E-state index contributed by atoms with van der Waals surface area (Å²) in [6, 6.07) is 17.1. The molecule has 0 spiro atoms. The van der Waals surface area contributed by atoms with Gasteiger partial charge >= 0.3 is 0 Å². The molecule has 0 atom stereocenters. The Balaban J connectivity index is 1.27. The number of nitrogens with one attached hydrogen (secondary N) is 1. The van der Waals surface area contributed by atoms with E-state index in [1.54, 1.807) is 0 Å². The van der Waals surface area contributed by atoms with Gasteiger partial charge in [-0.25, -0.2) is 4.98 Å². The van der Waals surface area contributed by atoms with Gasteiger partial charge in [0.25, 0.3) is 0 Å². The summed E-state index contributed by atoms with van der Waals surface area (Å²) >= 11 is 7.30. The number of benzene rings is 2. The fourth-order valence-electron chi connectivity index (χ4n) is 2.73. The Labute approximate surface area is 176 Å². The smallest absolute Gasteiger partial charge is 0.226 e. The van der Waals surface area contributed by atoms with Crippen molar-refractivity contribution in [1.82, 2.24) is 15.1 Å². The van der Waals surface area contributed by atoms with E-state index in [-0.39, 0.29) is 5.91 Å². The van der Waals surface area contributed by atoms with E-state index in [2.05, 4.69) is 20.4 Å². The van der Waals surface area contributed by atoms with Crippen molar-refractivity contribution in [3.05, 3.63) is 70.9 Å². The Morgan fingerprint density at radius 1 is 1.03 bits per heavy atom. The number of hydrogen-bond acceptors (Lipinski definition) is 6. The first-order valence-electron chi connectivity index (χ1n) is 9.07. The van der Waals surface area contributed by atoms with Crippen LogP contribution in [0.5, 0.6) is 0 Å². The molecule has 6 nitrogen and oxygen atoms in total. The summed E-state index contributed by atoms with van der Waals surface area (Å²) in [4.78, 5) is 21.0. The van der Waals surface area contributed by atoms with E-state index >= 15 is 0 Å². The number of aromatic nitrogens is 3. The molecule has 146 valence electrons. The van der Waals surface area contributed by atoms with Crippen molar-refractivity contribution in [2.75, 3.05) is 5.32 Å². The average molecular weight is 425 g/mol. The number of hydrogen-bond donors (Lipinski definition) is 1. The zero-order valence-corrected chi connectivity index (χ0v) is 16.9. The number of halogens is 1. The number of carbonyl (C=O) groups is 1. The molecule has 1 amide bonds. The molecule has 0 saturated heterocycles. The molecule has 0 aliphatic carbocycles. The Bertz CT molecular complexity index is 1090. The van der Waals surface area contributed by atoms with Gasteiger partial charge in [0.2, 0.25) is 17.6 Å². The minimum Gasteiger partial charge on any atom is -0.339 e. The maximum atomic E-state index is 12.2. The molecule has 2 heterocycles. The summed E-state index contributed by atoms with van der Waals surface area (Å²) in [7, 11) is 0. The predicted octanol–water partition coefficient (Wildman–Crippen LogP) is 5.47. The lowest BCUT2D eigenvalue weighted by molar-refractivity contribution is -0.116. The SMILES string of the molecule is O=C(CCCc1nc(-c2ccccc2)no1)Nc1nc(-c2ccc(Cl)cc2)cs1. The van der Waals surface area contributed by atoms with Gasteiger partial charge < -0.3 is 9.84 Å². The molecule has 4 rings (SSSR count). The van der Waals surface area contributed by atoms with Crippen LogP contribution in [-0.2, 0) is 11.2 Å². The summed E-state index contributed by atoms with van der Waals surface area (Å²) in [6.45, 7) is 0. The van der Waals surface area contributed by atoms with E-state index < -0.39 is 0 Å². The molecule has 0 aliphatic heterocycles. The maximum Gasteiger partial charge on any atom is 0.226 e. The highest BCUT2D eigenvalue weighted by Gasteiger charge is 2.11. The third-order valence-electron chi connectivity index (χ3n) is 4.19. The third kappa shape index (κ3) is 5.07. The zero-order chi connectivity index (χ0) is 20.1. The summed E-state index contributed by atoms with van der Waals surface area (Å²) in [5.74, 6) is 0.989. The van der Waals surface area contributed by atoms with Crippen LogP contribution in [0.1, 0.15) is 18.7 Å². The fraction of sp³-hybridized carbons (Fsp3) is 0.143. The topological polar surface area (TPSA) is 80.9 Å². The van der Waals surface area contributed by atoms with Crippen molar-refractivity contribution in [2.24, 2.45) is 0 Å². The summed E-state index contributed by atoms with van der Waals surface area (Å²) in [5, 5.41) is 9.98. The van der Waals surface area contributed by atoms with Crippen LogP contribution in [0, 0.1) is 0 Å². The number of aryl methyl sites for hydroxylation is 1. The van der Waals surface area contributed by atoms with E-state index in [9.17, 15) is 4.79 Å². The highest BCUT2D eigenvalue weighted by molar-refractivity contribution is 7.14. The van der Waals surface area contributed by atoms with Crippen LogP contribution in [-0.4, -0.2) is 21.0 Å². The lowest BCUT2D eigenvalue weighted by Gasteiger charge is -2.00. The second-order valence-corrected chi connectivity index (χ2v) is 7.62. The molecular formula is C21H17ClN4O2S. The van der Waals surface area contributed by atoms with E-state index in [0.29, 0.717) is 41.1 Å². The zero-order valence-electron chi connectivity index (χ0n) is 15.3. The molecule has 0 unspecified atom stereocenters. The van der Waals surface area contributed by atoms with Crippen LogP contribution in [0.15, 0.2) is 64.5 Å². The van der Waals surface area contributed by atoms with Gasteiger partial charge in [-0.1, -0.05) is 59.2 Å². The van der Waals surface area contributed by atoms with Crippen LogP contribution >= 0.6 is 22.9 Å². The molecule has 4 aromatic rings. The Kier molecular flexibility index (Phi) is 5.97. The molecule has 0 aliphatic rings. The van der Waals surface area contributed by atoms with Gasteiger partial charge in [-0.15, -0.1) is 11.3 Å². The number of carbonyl (C=O) groups excluding carboxylic acids is 1. The van der Waals surface area contributed by atoms with E-state index in [1.165, 1.54) is 11.3 Å². The maximum absolute atomic E-state index is 12.2. The van der Waals surface area contributed by atoms with Gasteiger partial charge in [0.15, 0.2) is 5.13 Å². The fourth-order valence-corrected chi connectivity index (χ4v) is 3.59. The second kappa shape index (κ2) is 8.98. The molecule has 0 radical (unpaired) electrons. The normalized spacial score (nSPS) is 10.8.